The van der Waals surface area contributed by atoms with Crippen molar-refractivity contribution in [3.8, 4) is 5.75 Å². The van der Waals surface area contributed by atoms with Crippen LogP contribution in [0.2, 0.25) is 0 Å². The Morgan fingerprint density at radius 3 is 2.43 bits per heavy atom. The zero-order valence-electron chi connectivity index (χ0n) is 12.9. The van der Waals surface area contributed by atoms with E-state index in [1.54, 1.807) is 31.2 Å². The van der Waals surface area contributed by atoms with E-state index in [9.17, 15) is 9.59 Å². The predicted octanol–water partition coefficient (Wildman–Crippen LogP) is 2.12. The van der Waals surface area contributed by atoms with Gasteiger partial charge in [-0.1, -0.05) is 13.3 Å². The van der Waals surface area contributed by atoms with Crippen LogP contribution in [-0.2, 0) is 4.79 Å². The topological polar surface area (TPSA) is 67.4 Å². The maximum Gasteiger partial charge on any atom is 0.251 e. The van der Waals surface area contributed by atoms with Crippen LogP contribution >= 0.6 is 0 Å². The number of nitrogens with one attached hydrogen (secondary N) is 2. The van der Waals surface area contributed by atoms with Gasteiger partial charge in [0.2, 0.25) is 5.91 Å². The Kier molecular flexibility index (Phi) is 7.29. The first-order chi connectivity index (χ1) is 10.1. The number of unbranched alkanes of at least 4 members (excludes halogenated alkanes) is 1. The van der Waals surface area contributed by atoms with Crippen molar-refractivity contribution in [1.82, 2.24) is 10.6 Å². The second-order valence-corrected chi connectivity index (χ2v) is 4.82. The molecule has 2 amide bonds. The average Bonchev–Trinajstić information content (AvgIpc) is 2.48. The molecule has 0 aliphatic heterocycles. The molecule has 21 heavy (non-hydrogen) atoms. The number of carbonyl (C=O) groups excluding carboxylic acids is 2. The fourth-order valence-corrected chi connectivity index (χ4v) is 1.71. The molecule has 1 atom stereocenters. The van der Waals surface area contributed by atoms with Gasteiger partial charge in [-0.25, -0.2) is 0 Å². The van der Waals surface area contributed by atoms with Crippen molar-refractivity contribution in [2.24, 2.45) is 0 Å². The third-order valence-electron chi connectivity index (χ3n) is 2.98. The monoisotopic (exact) mass is 292 g/mol. The largest absolute Gasteiger partial charge is 0.494 e. The van der Waals surface area contributed by atoms with Gasteiger partial charge < -0.3 is 15.4 Å². The van der Waals surface area contributed by atoms with Crippen LogP contribution in [0.25, 0.3) is 0 Å². The average molecular weight is 292 g/mol. The maximum absolute atomic E-state index is 12.0. The van der Waals surface area contributed by atoms with E-state index in [0.717, 1.165) is 18.6 Å². The van der Waals surface area contributed by atoms with Gasteiger partial charge >= 0.3 is 0 Å². The first kappa shape index (κ1) is 17.0. The molecule has 0 aliphatic rings. The molecule has 1 rings (SSSR count). The van der Waals surface area contributed by atoms with Crippen LogP contribution in [0.5, 0.6) is 5.75 Å². The Labute approximate surface area is 126 Å². The van der Waals surface area contributed by atoms with E-state index in [-0.39, 0.29) is 11.8 Å². The Hall–Kier alpha value is -2.04. The van der Waals surface area contributed by atoms with E-state index in [4.69, 9.17) is 4.74 Å². The summed E-state index contributed by atoms with van der Waals surface area (Å²) in [6, 6.07) is 6.36. The summed E-state index contributed by atoms with van der Waals surface area (Å²) in [6.45, 7) is 6.82. The lowest BCUT2D eigenvalue weighted by Gasteiger charge is -2.13. The molecule has 0 fully saturated rings. The van der Waals surface area contributed by atoms with Crippen LogP contribution in [0.15, 0.2) is 24.3 Å². The van der Waals surface area contributed by atoms with E-state index in [1.165, 1.54) is 0 Å². The summed E-state index contributed by atoms with van der Waals surface area (Å²) in [5.74, 6) is 0.288. The highest BCUT2D eigenvalue weighted by Gasteiger charge is 2.15. The van der Waals surface area contributed by atoms with Gasteiger partial charge in [-0.2, -0.15) is 0 Å². The molecule has 0 spiro atoms. The van der Waals surface area contributed by atoms with E-state index in [0.29, 0.717) is 18.7 Å². The number of amides is 2. The van der Waals surface area contributed by atoms with Crippen molar-refractivity contribution < 1.29 is 14.3 Å². The van der Waals surface area contributed by atoms with Crippen molar-refractivity contribution in [2.75, 3.05) is 13.2 Å². The molecule has 1 aromatic rings. The van der Waals surface area contributed by atoms with Gasteiger partial charge in [-0.05, 0) is 44.5 Å². The number of ether oxygens (including phenoxy) is 1. The fourth-order valence-electron chi connectivity index (χ4n) is 1.71. The zero-order valence-corrected chi connectivity index (χ0v) is 12.9. The van der Waals surface area contributed by atoms with E-state index >= 15 is 0 Å². The molecular weight excluding hydrogens is 268 g/mol. The second kappa shape index (κ2) is 9.00. The molecule has 5 nitrogen and oxygen atoms in total. The molecule has 0 saturated heterocycles. The number of rotatable bonds is 8. The van der Waals surface area contributed by atoms with Crippen LogP contribution in [0.3, 0.4) is 0 Å². The highest BCUT2D eigenvalue weighted by Crippen LogP contribution is 2.12. The lowest BCUT2D eigenvalue weighted by Crippen LogP contribution is -2.44. The molecule has 0 unspecified atom stereocenters. The Bertz CT molecular complexity index is 457. The highest BCUT2D eigenvalue weighted by molar-refractivity contribution is 5.97. The molecule has 2 N–H and O–H groups in total. The van der Waals surface area contributed by atoms with E-state index in [2.05, 4.69) is 17.6 Å². The third kappa shape index (κ3) is 5.85. The summed E-state index contributed by atoms with van der Waals surface area (Å²) in [4.78, 5) is 23.6. The smallest absolute Gasteiger partial charge is 0.251 e. The first-order valence-electron chi connectivity index (χ1n) is 7.39. The summed E-state index contributed by atoms with van der Waals surface area (Å²) >= 11 is 0. The first-order valence-corrected chi connectivity index (χ1v) is 7.39. The van der Waals surface area contributed by atoms with Crippen LogP contribution in [0.4, 0.5) is 0 Å². The van der Waals surface area contributed by atoms with Crippen LogP contribution in [0.1, 0.15) is 44.0 Å². The molecule has 116 valence electrons. The van der Waals surface area contributed by atoms with Gasteiger partial charge in [0.05, 0.1) is 6.61 Å². The SMILES string of the molecule is CCCCOc1ccc(C(=O)N[C@@H](C)C(=O)NCC)cc1. The van der Waals surface area contributed by atoms with Crippen LogP contribution < -0.4 is 15.4 Å². The highest BCUT2D eigenvalue weighted by atomic mass is 16.5. The molecular formula is C16H24N2O3. The normalized spacial score (nSPS) is 11.6. The van der Waals surface area contributed by atoms with Gasteiger partial charge in [-0.3, -0.25) is 9.59 Å². The number of hydrogen-bond donors (Lipinski definition) is 2. The van der Waals surface area contributed by atoms with Gasteiger partial charge in [0.25, 0.3) is 5.91 Å². The van der Waals surface area contributed by atoms with Gasteiger partial charge in [0.15, 0.2) is 0 Å². The summed E-state index contributed by atoms with van der Waals surface area (Å²) in [7, 11) is 0. The van der Waals surface area contributed by atoms with Gasteiger partial charge in [0.1, 0.15) is 11.8 Å². The summed E-state index contributed by atoms with van der Waals surface area (Å²) in [5.41, 5.74) is 0.508. The molecule has 0 bridgehead atoms. The summed E-state index contributed by atoms with van der Waals surface area (Å²) in [5, 5.41) is 5.33. The van der Waals surface area contributed by atoms with Gasteiger partial charge in [0, 0.05) is 12.1 Å². The maximum atomic E-state index is 12.0. The fraction of sp³-hybridized carbons (Fsp3) is 0.500. The molecule has 0 aliphatic carbocycles. The standard InChI is InChI=1S/C16H24N2O3/c1-4-6-11-21-14-9-7-13(8-10-14)16(20)18-12(3)15(19)17-5-2/h7-10,12H,4-6,11H2,1-3H3,(H,17,19)(H,18,20)/t12-/m0/s1. The minimum Gasteiger partial charge on any atom is -0.494 e. The Balaban J connectivity index is 2.52. The summed E-state index contributed by atoms with van der Waals surface area (Å²) in [6.07, 6.45) is 2.09. The minimum atomic E-state index is -0.557. The van der Waals surface area contributed by atoms with Crippen molar-refractivity contribution >= 4 is 11.8 Å². The number of hydrogen-bond acceptors (Lipinski definition) is 3. The van der Waals surface area contributed by atoms with Crippen LogP contribution in [-0.4, -0.2) is 31.0 Å². The summed E-state index contributed by atoms with van der Waals surface area (Å²) < 4.78 is 5.54. The minimum absolute atomic E-state index is 0.189. The lowest BCUT2D eigenvalue weighted by atomic mass is 10.2. The molecule has 0 aromatic heterocycles. The number of benzene rings is 1. The Morgan fingerprint density at radius 2 is 1.86 bits per heavy atom. The van der Waals surface area contributed by atoms with Gasteiger partial charge in [-0.15, -0.1) is 0 Å². The lowest BCUT2D eigenvalue weighted by molar-refractivity contribution is -0.122. The van der Waals surface area contributed by atoms with Crippen molar-refractivity contribution in [3.63, 3.8) is 0 Å². The predicted molar refractivity (Wildman–Crippen MR) is 82.5 cm³/mol. The number of carbonyl (C=O) groups is 2. The van der Waals surface area contributed by atoms with Crippen LogP contribution in [0, 0.1) is 0 Å². The molecule has 0 saturated carbocycles. The third-order valence-corrected chi connectivity index (χ3v) is 2.98. The zero-order chi connectivity index (χ0) is 15.7. The van der Waals surface area contributed by atoms with Crippen molar-refractivity contribution in [1.29, 1.82) is 0 Å². The number of likely N-dealkylation sites (N-methyl/N-ethyl adjacent to an activating group) is 1. The molecule has 0 radical (unpaired) electrons. The van der Waals surface area contributed by atoms with Crippen molar-refractivity contribution in [2.45, 2.75) is 39.7 Å². The molecule has 0 heterocycles. The Morgan fingerprint density at radius 1 is 1.19 bits per heavy atom. The molecule has 5 heteroatoms. The molecule has 1 aromatic carbocycles. The van der Waals surface area contributed by atoms with Crippen molar-refractivity contribution in [3.05, 3.63) is 29.8 Å². The quantitative estimate of drug-likeness (QED) is 0.721. The second-order valence-electron chi connectivity index (χ2n) is 4.82. The van der Waals surface area contributed by atoms with E-state index < -0.39 is 6.04 Å². The van der Waals surface area contributed by atoms with E-state index in [1.807, 2.05) is 6.92 Å².